The number of imidazole rings is 1. The number of allylic oxidation sites excluding steroid dienone is 2. The van der Waals surface area contributed by atoms with Gasteiger partial charge in [0.15, 0.2) is 5.82 Å². The molecule has 1 aromatic carbocycles. The topological polar surface area (TPSA) is 80.0 Å². The molecule has 3 unspecified atom stereocenters. The van der Waals surface area contributed by atoms with Crippen molar-refractivity contribution < 1.29 is 4.39 Å². The molecule has 7 nitrogen and oxygen atoms in total. The lowest BCUT2D eigenvalue weighted by Gasteiger charge is -2.27. The highest BCUT2D eigenvalue weighted by Gasteiger charge is 2.33. The summed E-state index contributed by atoms with van der Waals surface area (Å²) in [7, 11) is 1.83. The zero-order valence-electron chi connectivity index (χ0n) is 23.7. The maximum absolute atomic E-state index is 14.7. The number of nitrogens with one attached hydrogen (secondary N) is 2. The van der Waals surface area contributed by atoms with Crippen LogP contribution in [0.15, 0.2) is 53.9 Å². The van der Waals surface area contributed by atoms with Crippen molar-refractivity contribution in [3.63, 3.8) is 0 Å². The summed E-state index contributed by atoms with van der Waals surface area (Å²) in [6, 6.07) is 6.32. The normalized spacial score (nSPS) is 18.7. The van der Waals surface area contributed by atoms with Crippen molar-refractivity contribution >= 4 is 36.1 Å². The number of hydrogen-bond donors (Lipinski definition) is 2. The number of aryl methyl sites for hydroxylation is 2. The maximum atomic E-state index is 14.7. The molecule has 1 aliphatic carbocycles. The monoisotopic (exact) mass is 527 g/mol. The highest BCUT2D eigenvalue weighted by Crippen LogP contribution is 2.42. The predicted octanol–water partition coefficient (Wildman–Crippen LogP) is 5.45. The van der Waals surface area contributed by atoms with Crippen molar-refractivity contribution in [2.75, 3.05) is 10.6 Å². The van der Waals surface area contributed by atoms with Gasteiger partial charge >= 0.3 is 0 Å². The number of aromatic nitrogens is 4. The standard InChI is InChI=1S/C31H38FN7/c1-8-11-12-22(9-2)37-31-34-17-21(6)27(38-31)30(33-10-3)36-23-13-14-24(19(4)15-23)26-20(5)16-25(32)29-28(26)35-18-39(29)7/h10-18,20,22,26,36H,6,8-9H2,1-5,7H3,(H,37,38)/b12-11?,30-27-,33-10-. The molecule has 0 aliphatic heterocycles. The minimum Gasteiger partial charge on any atom is -0.348 e. The molecule has 0 amide bonds. The molecule has 0 spiro atoms. The van der Waals surface area contributed by atoms with Gasteiger partial charge < -0.3 is 15.2 Å². The lowest BCUT2D eigenvalue weighted by Crippen LogP contribution is -2.34. The van der Waals surface area contributed by atoms with Gasteiger partial charge in [0, 0.05) is 42.3 Å². The van der Waals surface area contributed by atoms with Gasteiger partial charge in [-0.3, -0.25) is 0 Å². The summed E-state index contributed by atoms with van der Waals surface area (Å²) in [6.45, 7) is 14.3. The predicted molar refractivity (Wildman–Crippen MR) is 160 cm³/mol. The van der Waals surface area contributed by atoms with Gasteiger partial charge in [-0.25, -0.2) is 24.3 Å². The van der Waals surface area contributed by atoms with Gasteiger partial charge in [0.05, 0.1) is 12.0 Å². The van der Waals surface area contributed by atoms with Crippen LogP contribution in [0.5, 0.6) is 0 Å². The number of aliphatic imine (C=N–C) groups is 1. The molecule has 0 saturated heterocycles. The summed E-state index contributed by atoms with van der Waals surface area (Å²) < 4.78 is 16.5. The summed E-state index contributed by atoms with van der Waals surface area (Å²) in [5.74, 6) is 0.856. The Hall–Kier alpha value is -4.07. The first-order valence-electron chi connectivity index (χ1n) is 13.5. The number of hydrogen-bond acceptors (Lipinski definition) is 6. The minimum absolute atomic E-state index is 0.0171. The zero-order valence-corrected chi connectivity index (χ0v) is 23.7. The lowest BCUT2D eigenvalue weighted by atomic mass is 9.78. The number of fused-ring (bicyclic) bond motifs is 1. The van der Waals surface area contributed by atoms with Crippen molar-refractivity contribution in [2.45, 2.75) is 59.4 Å². The van der Waals surface area contributed by atoms with E-state index < -0.39 is 0 Å². The summed E-state index contributed by atoms with van der Waals surface area (Å²) in [5.41, 5.74) is 4.40. The number of nitrogens with zero attached hydrogens (tertiary/aromatic N) is 5. The van der Waals surface area contributed by atoms with Crippen molar-refractivity contribution in [1.82, 2.24) is 19.5 Å². The molecular formula is C31H38FN7. The van der Waals surface area contributed by atoms with E-state index in [-0.39, 0.29) is 23.7 Å². The van der Waals surface area contributed by atoms with Crippen molar-refractivity contribution in [1.29, 1.82) is 0 Å². The lowest BCUT2D eigenvalue weighted by molar-refractivity contribution is 0.575. The Kier molecular flexibility index (Phi) is 8.74. The van der Waals surface area contributed by atoms with Crippen LogP contribution in [-0.4, -0.2) is 31.8 Å². The molecule has 0 saturated carbocycles. The third kappa shape index (κ3) is 6.00. The minimum atomic E-state index is -0.212. The van der Waals surface area contributed by atoms with Crippen LogP contribution in [0.4, 0.5) is 16.0 Å². The van der Waals surface area contributed by atoms with Gasteiger partial charge in [-0.1, -0.05) is 45.6 Å². The molecule has 2 N–H and O–H groups in total. The third-order valence-corrected chi connectivity index (χ3v) is 6.99. The molecular weight excluding hydrogens is 489 g/mol. The van der Waals surface area contributed by atoms with E-state index >= 15 is 0 Å². The highest BCUT2D eigenvalue weighted by molar-refractivity contribution is 5.71. The SMILES string of the molecule is C=c1cnc(NC(C=CCC)CC)n/c1=C(/N=C\C)Nc1ccc(C2c3ncn(C)c3C(F)=CC2C)c(C)c1. The van der Waals surface area contributed by atoms with E-state index in [1.165, 1.54) is 0 Å². The van der Waals surface area contributed by atoms with E-state index in [2.05, 4.69) is 77.2 Å². The first-order chi connectivity index (χ1) is 18.8. The molecule has 0 fully saturated rings. The van der Waals surface area contributed by atoms with Gasteiger partial charge in [0.1, 0.15) is 16.9 Å². The second-order valence-electron chi connectivity index (χ2n) is 9.94. The third-order valence-electron chi connectivity index (χ3n) is 6.99. The van der Waals surface area contributed by atoms with Crippen LogP contribution >= 0.6 is 0 Å². The van der Waals surface area contributed by atoms with E-state index in [0.29, 0.717) is 28.0 Å². The Morgan fingerprint density at radius 3 is 2.77 bits per heavy atom. The second-order valence-corrected chi connectivity index (χ2v) is 9.94. The van der Waals surface area contributed by atoms with Gasteiger partial charge in [0.25, 0.3) is 0 Å². The Morgan fingerprint density at radius 1 is 1.28 bits per heavy atom. The summed E-state index contributed by atoms with van der Waals surface area (Å²) in [6.07, 6.45) is 13.0. The molecule has 8 heteroatoms. The molecule has 3 aromatic rings. The second kappa shape index (κ2) is 12.2. The molecule has 39 heavy (non-hydrogen) atoms. The zero-order chi connectivity index (χ0) is 28.1. The number of benzene rings is 1. The molecule has 0 bridgehead atoms. The van der Waals surface area contributed by atoms with Crippen LogP contribution in [-0.2, 0) is 7.05 Å². The molecule has 2 aromatic heterocycles. The maximum Gasteiger partial charge on any atom is 0.223 e. The highest BCUT2D eigenvalue weighted by atomic mass is 19.1. The van der Waals surface area contributed by atoms with Crippen LogP contribution < -0.4 is 21.2 Å². The fourth-order valence-electron chi connectivity index (χ4n) is 5.01. The molecule has 1 aliphatic rings. The Bertz CT molecular complexity index is 1530. The molecule has 4 rings (SSSR count). The first-order valence-corrected chi connectivity index (χ1v) is 13.5. The van der Waals surface area contributed by atoms with E-state index in [0.717, 1.165) is 35.3 Å². The van der Waals surface area contributed by atoms with Crippen LogP contribution in [0.2, 0.25) is 0 Å². The summed E-state index contributed by atoms with van der Waals surface area (Å²) >= 11 is 0. The number of halogens is 1. The van der Waals surface area contributed by atoms with E-state index in [1.54, 1.807) is 29.4 Å². The molecule has 0 radical (unpaired) electrons. The largest absolute Gasteiger partial charge is 0.348 e. The quantitative estimate of drug-likeness (QED) is 0.286. The van der Waals surface area contributed by atoms with Crippen molar-refractivity contribution in [3.05, 3.63) is 82.0 Å². The summed E-state index contributed by atoms with van der Waals surface area (Å²) in [5, 5.41) is 8.13. The number of rotatable bonds is 9. The van der Waals surface area contributed by atoms with Crippen molar-refractivity contribution in [3.8, 4) is 0 Å². The van der Waals surface area contributed by atoms with Crippen molar-refractivity contribution in [2.24, 2.45) is 18.0 Å². The van der Waals surface area contributed by atoms with Crippen LogP contribution in [0.3, 0.4) is 0 Å². The van der Waals surface area contributed by atoms with Crippen LogP contribution in [0.25, 0.3) is 18.2 Å². The Labute approximate surface area is 230 Å². The van der Waals surface area contributed by atoms with Gasteiger partial charge in [-0.05, 0) is 61.9 Å². The number of anilines is 2. The van der Waals surface area contributed by atoms with E-state index in [1.807, 2.05) is 27.0 Å². The average molecular weight is 528 g/mol. The van der Waals surface area contributed by atoms with E-state index in [9.17, 15) is 4.39 Å². The Balaban J connectivity index is 1.68. The molecule has 204 valence electrons. The fourth-order valence-corrected chi connectivity index (χ4v) is 5.01. The fraction of sp³-hybridized carbons (Fsp3) is 0.355. The molecule has 3 atom stereocenters. The average Bonchev–Trinajstić information content (AvgIpc) is 3.30. The Morgan fingerprint density at radius 2 is 2.08 bits per heavy atom. The van der Waals surface area contributed by atoms with Gasteiger partial charge in [-0.2, -0.15) is 0 Å². The van der Waals surface area contributed by atoms with Gasteiger partial charge in [0.2, 0.25) is 5.95 Å². The molecule has 2 heterocycles. The van der Waals surface area contributed by atoms with Crippen LogP contribution in [0.1, 0.15) is 69.0 Å². The van der Waals surface area contributed by atoms with Crippen LogP contribution in [0, 0.1) is 12.8 Å². The smallest absolute Gasteiger partial charge is 0.223 e. The first kappa shape index (κ1) is 28.0. The summed E-state index contributed by atoms with van der Waals surface area (Å²) in [4.78, 5) is 18.3. The van der Waals surface area contributed by atoms with Gasteiger partial charge in [-0.15, -0.1) is 0 Å². The van der Waals surface area contributed by atoms with E-state index in [4.69, 9.17) is 4.98 Å².